The van der Waals surface area contributed by atoms with Crippen LogP contribution in [0, 0.1) is 0 Å². The van der Waals surface area contributed by atoms with Crippen LogP contribution in [0.2, 0.25) is 19.6 Å². The summed E-state index contributed by atoms with van der Waals surface area (Å²) in [6, 6.07) is 10.7. The number of hydrogen-bond acceptors (Lipinski definition) is 3. The molecule has 0 aliphatic carbocycles. The highest BCUT2D eigenvalue weighted by molar-refractivity contribution is 6.79. The highest BCUT2D eigenvalue weighted by Crippen LogP contribution is 2.28. The van der Waals surface area contributed by atoms with Gasteiger partial charge in [-0.25, -0.2) is 0 Å². The zero-order valence-corrected chi connectivity index (χ0v) is 12.3. The zero-order chi connectivity index (χ0) is 13.2. The molecule has 18 heavy (non-hydrogen) atoms. The number of hydrogen-bond donors (Lipinski definition) is 0. The summed E-state index contributed by atoms with van der Waals surface area (Å²) in [6.07, 6.45) is 1.45. The van der Waals surface area contributed by atoms with E-state index in [0.717, 1.165) is 6.42 Å². The van der Waals surface area contributed by atoms with Crippen molar-refractivity contribution in [3.8, 4) is 0 Å². The van der Waals surface area contributed by atoms with Crippen LogP contribution >= 0.6 is 0 Å². The predicted octanol–water partition coefficient (Wildman–Crippen LogP) is 3.03. The largest absolute Gasteiger partial charge is 0.466 e. The molecule has 0 aromatic heterocycles. The van der Waals surface area contributed by atoms with E-state index >= 15 is 0 Å². The van der Waals surface area contributed by atoms with Crippen molar-refractivity contribution in [3.63, 3.8) is 0 Å². The van der Waals surface area contributed by atoms with Gasteiger partial charge in [0, 0.05) is 18.2 Å². The lowest BCUT2D eigenvalue weighted by Gasteiger charge is -2.43. The van der Waals surface area contributed by atoms with Crippen molar-refractivity contribution < 1.29 is 9.53 Å². The maximum Gasteiger partial charge on any atom is 0.307 e. The first-order chi connectivity index (χ1) is 8.48. The molecular formula is C14H21NO2Si. The summed E-state index contributed by atoms with van der Waals surface area (Å²) in [5, 5.41) is 0. The Labute approximate surface area is 110 Å². The van der Waals surface area contributed by atoms with Gasteiger partial charge in [-0.05, 0) is 12.1 Å². The van der Waals surface area contributed by atoms with Gasteiger partial charge in [-0.15, -0.1) is 0 Å². The summed E-state index contributed by atoms with van der Waals surface area (Å²) < 4.78 is 7.54. The summed E-state index contributed by atoms with van der Waals surface area (Å²) in [7, 11) is -1.52. The fourth-order valence-corrected chi connectivity index (χ4v) is 4.86. The molecule has 1 atom stereocenters. The summed E-state index contributed by atoms with van der Waals surface area (Å²) in [4.78, 5) is 11.5. The Hall–Kier alpha value is -1.29. The predicted molar refractivity (Wildman–Crippen MR) is 76.2 cm³/mol. The molecule has 1 fully saturated rings. The number of cyclic esters (lactones) is 1. The molecule has 0 bridgehead atoms. The lowest BCUT2D eigenvalue weighted by atomic mass is 10.1. The zero-order valence-electron chi connectivity index (χ0n) is 11.3. The third-order valence-electron chi connectivity index (χ3n) is 3.24. The van der Waals surface area contributed by atoms with Crippen molar-refractivity contribution >= 4 is 19.9 Å². The van der Waals surface area contributed by atoms with Crippen LogP contribution in [0.25, 0.3) is 0 Å². The molecule has 1 aromatic rings. The Morgan fingerprint density at radius 1 is 1.22 bits per heavy atom. The van der Waals surface area contributed by atoms with Crippen molar-refractivity contribution in [2.45, 2.75) is 38.5 Å². The second-order valence-corrected chi connectivity index (χ2v) is 10.6. The number of para-hydroxylation sites is 1. The highest BCUT2D eigenvalue weighted by atomic mass is 28.3. The number of benzene rings is 1. The fourth-order valence-electron chi connectivity index (χ4n) is 2.62. The first kappa shape index (κ1) is 13.1. The van der Waals surface area contributed by atoms with Gasteiger partial charge in [0.05, 0.1) is 13.0 Å². The van der Waals surface area contributed by atoms with Gasteiger partial charge in [0.2, 0.25) is 0 Å². The van der Waals surface area contributed by atoms with Crippen molar-refractivity contribution in [1.29, 1.82) is 0 Å². The van der Waals surface area contributed by atoms with Gasteiger partial charge in [-0.1, -0.05) is 37.8 Å². The number of rotatable bonds is 3. The van der Waals surface area contributed by atoms with E-state index in [9.17, 15) is 4.79 Å². The molecular weight excluding hydrogens is 242 g/mol. The lowest BCUT2D eigenvalue weighted by molar-refractivity contribution is -0.147. The van der Waals surface area contributed by atoms with Crippen molar-refractivity contribution in [1.82, 2.24) is 0 Å². The molecule has 1 aliphatic heterocycles. The number of carbonyl (C=O) groups is 1. The van der Waals surface area contributed by atoms with Gasteiger partial charge < -0.3 is 9.30 Å². The van der Waals surface area contributed by atoms with Crippen molar-refractivity contribution in [3.05, 3.63) is 30.3 Å². The summed E-state index contributed by atoms with van der Waals surface area (Å²) >= 11 is 0. The van der Waals surface area contributed by atoms with Crippen LogP contribution in [0.3, 0.4) is 0 Å². The molecule has 0 saturated carbocycles. The molecule has 3 nitrogen and oxygen atoms in total. The van der Waals surface area contributed by atoms with E-state index in [-0.39, 0.29) is 5.97 Å². The van der Waals surface area contributed by atoms with Gasteiger partial charge in [0.25, 0.3) is 0 Å². The van der Waals surface area contributed by atoms with Gasteiger partial charge in [-0.3, -0.25) is 4.79 Å². The summed E-state index contributed by atoms with van der Waals surface area (Å²) in [6.45, 7) is 7.51. The van der Waals surface area contributed by atoms with Gasteiger partial charge in [0.1, 0.15) is 8.24 Å². The standard InChI is InChI=1S/C14H21NO2Si/c1-18(2,3)15(12-7-5-4-6-8-12)13-9-10-17-14(16)11-13/h4-8,13H,9-11H2,1-3H3. The minimum atomic E-state index is -1.52. The number of ether oxygens (including phenoxy) is 1. The molecule has 2 rings (SSSR count). The molecule has 1 unspecified atom stereocenters. The molecule has 0 amide bonds. The second kappa shape index (κ2) is 5.14. The van der Waals surface area contributed by atoms with Gasteiger partial charge in [0.15, 0.2) is 0 Å². The average molecular weight is 263 g/mol. The fraction of sp³-hybridized carbons (Fsp3) is 0.500. The topological polar surface area (TPSA) is 29.5 Å². The van der Waals surface area contributed by atoms with E-state index in [4.69, 9.17) is 4.74 Å². The SMILES string of the molecule is C[Si](C)(C)N(c1ccccc1)C1CCOC(=O)C1. The van der Waals surface area contributed by atoms with Crippen LogP contribution in [-0.2, 0) is 9.53 Å². The Kier molecular flexibility index (Phi) is 3.75. The van der Waals surface area contributed by atoms with E-state index < -0.39 is 8.24 Å². The maximum atomic E-state index is 11.5. The van der Waals surface area contributed by atoms with Crippen LogP contribution in [0.15, 0.2) is 30.3 Å². The van der Waals surface area contributed by atoms with E-state index in [2.05, 4.69) is 48.5 Å². The van der Waals surface area contributed by atoms with E-state index in [1.807, 2.05) is 6.07 Å². The smallest absolute Gasteiger partial charge is 0.307 e. The third kappa shape index (κ3) is 2.93. The quantitative estimate of drug-likeness (QED) is 0.620. The van der Waals surface area contributed by atoms with Crippen LogP contribution in [-0.4, -0.2) is 26.9 Å². The molecule has 1 aromatic carbocycles. The minimum Gasteiger partial charge on any atom is -0.466 e. The van der Waals surface area contributed by atoms with Crippen LogP contribution in [0.5, 0.6) is 0 Å². The van der Waals surface area contributed by atoms with Gasteiger partial charge in [-0.2, -0.15) is 0 Å². The van der Waals surface area contributed by atoms with Crippen LogP contribution < -0.4 is 4.57 Å². The van der Waals surface area contributed by atoms with Crippen molar-refractivity contribution in [2.75, 3.05) is 11.2 Å². The molecule has 1 saturated heterocycles. The third-order valence-corrected chi connectivity index (χ3v) is 5.31. The van der Waals surface area contributed by atoms with E-state index in [0.29, 0.717) is 19.1 Å². The number of carbonyl (C=O) groups excluding carboxylic acids is 1. The number of anilines is 1. The van der Waals surface area contributed by atoms with E-state index in [1.165, 1.54) is 5.69 Å². The molecule has 0 radical (unpaired) electrons. The minimum absolute atomic E-state index is 0.0644. The maximum absolute atomic E-state index is 11.5. The average Bonchev–Trinajstić information content (AvgIpc) is 2.28. The summed E-state index contributed by atoms with van der Waals surface area (Å²) in [5.74, 6) is -0.0644. The summed E-state index contributed by atoms with van der Waals surface area (Å²) in [5.41, 5.74) is 1.23. The first-order valence-corrected chi connectivity index (χ1v) is 9.93. The highest BCUT2D eigenvalue weighted by Gasteiger charge is 2.34. The van der Waals surface area contributed by atoms with Crippen molar-refractivity contribution in [2.24, 2.45) is 0 Å². The van der Waals surface area contributed by atoms with Crippen LogP contribution in [0.1, 0.15) is 12.8 Å². The Balaban J connectivity index is 2.29. The second-order valence-electron chi connectivity index (χ2n) is 5.74. The first-order valence-electron chi connectivity index (χ1n) is 6.48. The van der Waals surface area contributed by atoms with Gasteiger partial charge >= 0.3 is 5.97 Å². The molecule has 0 N–H and O–H groups in total. The molecule has 98 valence electrons. The number of nitrogens with zero attached hydrogens (tertiary/aromatic N) is 1. The number of esters is 1. The lowest BCUT2D eigenvalue weighted by Crippen LogP contribution is -2.54. The van der Waals surface area contributed by atoms with Crippen LogP contribution in [0.4, 0.5) is 5.69 Å². The molecule has 4 heteroatoms. The molecule has 0 spiro atoms. The molecule has 1 aliphatic rings. The Morgan fingerprint density at radius 2 is 1.89 bits per heavy atom. The Morgan fingerprint density at radius 3 is 2.44 bits per heavy atom. The monoisotopic (exact) mass is 263 g/mol. The molecule has 1 heterocycles. The van der Waals surface area contributed by atoms with E-state index in [1.54, 1.807) is 0 Å². The Bertz CT molecular complexity index is 414. The normalized spacial score (nSPS) is 20.4.